The Morgan fingerprint density at radius 1 is 1.23 bits per heavy atom. The summed E-state index contributed by atoms with van der Waals surface area (Å²) in [5.41, 5.74) is 0.994. The van der Waals surface area contributed by atoms with Crippen LogP contribution in [0.25, 0.3) is 11.4 Å². The summed E-state index contributed by atoms with van der Waals surface area (Å²) in [5.74, 6) is 3.19. The Hall–Kier alpha value is -1.82. The molecule has 26 heavy (non-hydrogen) atoms. The summed E-state index contributed by atoms with van der Waals surface area (Å²) < 4.78 is 0. The van der Waals surface area contributed by atoms with Gasteiger partial charge in [0.2, 0.25) is 11.1 Å². The van der Waals surface area contributed by atoms with Gasteiger partial charge in [-0.2, -0.15) is 0 Å². The number of aromatic amines is 1. The van der Waals surface area contributed by atoms with E-state index in [4.69, 9.17) is 0 Å². The number of carbonyl (C=O) groups is 1. The highest BCUT2D eigenvalue weighted by Gasteiger charge is 2.42. The van der Waals surface area contributed by atoms with Gasteiger partial charge in [-0.05, 0) is 50.9 Å². The molecule has 0 radical (unpaired) electrons. The van der Waals surface area contributed by atoms with Crippen LogP contribution >= 0.6 is 11.8 Å². The van der Waals surface area contributed by atoms with Crippen molar-refractivity contribution in [1.29, 1.82) is 0 Å². The Morgan fingerprint density at radius 3 is 2.73 bits per heavy atom. The molecule has 0 aliphatic heterocycles. The van der Waals surface area contributed by atoms with Gasteiger partial charge in [-0.15, -0.1) is 5.10 Å². The number of thioether (sulfide) groups is 1. The van der Waals surface area contributed by atoms with Gasteiger partial charge in [-0.3, -0.25) is 9.89 Å². The number of nitrogens with one attached hydrogen (secondary N) is 2. The monoisotopic (exact) mass is 370 g/mol. The second-order valence-corrected chi connectivity index (χ2v) is 9.04. The first-order valence-corrected chi connectivity index (χ1v) is 10.4. The van der Waals surface area contributed by atoms with Crippen molar-refractivity contribution in [2.24, 2.45) is 17.8 Å². The summed E-state index contributed by atoms with van der Waals surface area (Å²) in [4.78, 5) is 17.1. The Kier molecular flexibility index (Phi) is 5.02. The van der Waals surface area contributed by atoms with Crippen LogP contribution in [0.3, 0.4) is 0 Å². The number of hydrogen-bond acceptors (Lipinski definition) is 4. The molecule has 4 rings (SSSR count). The third-order valence-electron chi connectivity index (χ3n) is 5.97. The van der Waals surface area contributed by atoms with E-state index in [1.165, 1.54) is 37.4 Å². The summed E-state index contributed by atoms with van der Waals surface area (Å²) in [6.45, 7) is 4.09. The van der Waals surface area contributed by atoms with Crippen LogP contribution in [0.4, 0.5) is 0 Å². The quantitative estimate of drug-likeness (QED) is 0.757. The van der Waals surface area contributed by atoms with Crippen molar-refractivity contribution in [2.75, 3.05) is 0 Å². The maximum Gasteiger partial charge on any atom is 0.233 e. The fourth-order valence-corrected chi connectivity index (χ4v) is 5.32. The lowest BCUT2D eigenvalue weighted by molar-refractivity contribution is -0.121. The SMILES string of the molecule is C[C@H](Sc1n[nH]c(-c2ccccc2)n1)C(=O)N[C@H](C)[C@@H]1C[C@H]2CC[C@H]1C2. The number of fused-ring (bicyclic) bond motifs is 2. The standard InChI is InChI=1S/C20H26N4OS/c1-12(17-11-14-8-9-16(17)10-14)21-19(25)13(2)26-20-22-18(23-24-20)15-6-4-3-5-7-15/h3-7,12-14,16-17H,8-11H2,1-2H3,(H,21,25)(H,22,23,24)/t12-,13+,14+,16+,17+/m1/s1. The van der Waals surface area contributed by atoms with E-state index in [0.717, 1.165) is 23.2 Å². The van der Waals surface area contributed by atoms with Crippen molar-refractivity contribution < 1.29 is 4.79 Å². The van der Waals surface area contributed by atoms with Gasteiger partial charge in [0.25, 0.3) is 0 Å². The molecule has 6 heteroatoms. The van der Waals surface area contributed by atoms with Crippen LogP contribution < -0.4 is 5.32 Å². The summed E-state index contributed by atoms with van der Waals surface area (Å²) in [6, 6.07) is 10.1. The van der Waals surface area contributed by atoms with Crippen molar-refractivity contribution in [3.05, 3.63) is 30.3 Å². The first kappa shape index (κ1) is 17.6. The summed E-state index contributed by atoms with van der Waals surface area (Å²) in [5, 5.41) is 10.8. The van der Waals surface area contributed by atoms with Gasteiger partial charge in [0.1, 0.15) is 0 Å². The van der Waals surface area contributed by atoms with Gasteiger partial charge in [-0.1, -0.05) is 48.5 Å². The van der Waals surface area contributed by atoms with Crippen LogP contribution in [0.2, 0.25) is 0 Å². The zero-order valence-corrected chi connectivity index (χ0v) is 16.1. The van der Waals surface area contributed by atoms with Crippen molar-refractivity contribution in [3.63, 3.8) is 0 Å². The molecule has 2 N–H and O–H groups in total. The van der Waals surface area contributed by atoms with Crippen molar-refractivity contribution in [2.45, 2.75) is 56.0 Å². The number of aromatic nitrogens is 3. The van der Waals surface area contributed by atoms with Gasteiger partial charge in [0.15, 0.2) is 5.82 Å². The molecule has 0 spiro atoms. The lowest BCUT2D eigenvalue weighted by atomic mass is 9.84. The normalized spacial score (nSPS) is 26.6. The fourth-order valence-electron chi connectivity index (χ4n) is 4.59. The molecule has 1 amide bonds. The number of carbonyl (C=O) groups excluding carboxylic acids is 1. The minimum Gasteiger partial charge on any atom is -0.352 e. The van der Waals surface area contributed by atoms with Gasteiger partial charge in [0, 0.05) is 11.6 Å². The zero-order valence-electron chi connectivity index (χ0n) is 15.3. The molecule has 2 aliphatic rings. The summed E-state index contributed by atoms with van der Waals surface area (Å²) in [7, 11) is 0. The minimum absolute atomic E-state index is 0.0799. The molecule has 2 aromatic rings. The molecule has 2 bridgehead atoms. The molecule has 5 atom stereocenters. The molecule has 2 fully saturated rings. The third kappa shape index (κ3) is 3.65. The number of amides is 1. The average molecular weight is 371 g/mol. The molecule has 5 nitrogen and oxygen atoms in total. The van der Waals surface area contributed by atoms with Crippen LogP contribution in [0, 0.1) is 17.8 Å². The molecule has 2 saturated carbocycles. The number of nitrogens with zero attached hydrogens (tertiary/aromatic N) is 2. The number of rotatable bonds is 6. The molecule has 138 valence electrons. The molecule has 2 aliphatic carbocycles. The highest BCUT2D eigenvalue weighted by Crippen LogP contribution is 2.49. The van der Waals surface area contributed by atoms with E-state index in [1.807, 2.05) is 37.3 Å². The zero-order chi connectivity index (χ0) is 18.1. The molecule has 1 heterocycles. The van der Waals surface area contributed by atoms with Crippen molar-refractivity contribution >= 4 is 17.7 Å². The topological polar surface area (TPSA) is 70.7 Å². The van der Waals surface area contributed by atoms with Crippen LogP contribution in [0.15, 0.2) is 35.5 Å². The maximum atomic E-state index is 12.6. The number of H-pyrrole nitrogens is 1. The fraction of sp³-hybridized carbons (Fsp3) is 0.550. The van der Waals surface area contributed by atoms with Crippen molar-refractivity contribution in [3.8, 4) is 11.4 Å². The van der Waals surface area contributed by atoms with Crippen LogP contribution in [-0.4, -0.2) is 32.4 Å². The Bertz CT molecular complexity index is 762. The smallest absolute Gasteiger partial charge is 0.233 e. The lowest BCUT2D eigenvalue weighted by Crippen LogP contribution is -2.43. The predicted molar refractivity (Wildman–Crippen MR) is 104 cm³/mol. The summed E-state index contributed by atoms with van der Waals surface area (Å²) >= 11 is 1.40. The van der Waals surface area contributed by atoms with Crippen molar-refractivity contribution in [1.82, 2.24) is 20.5 Å². The number of hydrogen-bond donors (Lipinski definition) is 2. The molecule has 0 unspecified atom stereocenters. The minimum atomic E-state index is -0.213. The Labute approximate surface area is 158 Å². The number of benzene rings is 1. The van der Waals surface area contributed by atoms with Crippen LogP contribution in [-0.2, 0) is 4.79 Å². The first-order chi connectivity index (χ1) is 12.6. The Balaban J connectivity index is 1.32. The molecule has 1 aromatic heterocycles. The van der Waals surface area contributed by atoms with Gasteiger partial charge < -0.3 is 5.32 Å². The highest BCUT2D eigenvalue weighted by molar-refractivity contribution is 8.00. The van der Waals surface area contributed by atoms with E-state index in [0.29, 0.717) is 11.1 Å². The predicted octanol–water partition coefficient (Wildman–Crippen LogP) is 3.89. The second kappa shape index (κ2) is 7.43. The van der Waals surface area contributed by atoms with E-state index in [1.54, 1.807) is 0 Å². The lowest BCUT2D eigenvalue weighted by Gasteiger charge is -2.29. The van der Waals surface area contributed by atoms with E-state index in [9.17, 15) is 4.79 Å². The highest BCUT2D eigenvalue weighted by atomic mass is 32.2. The van der Waals surface area contributed by atoms with Crippen LogP contribution in [0.5, 0.6) is 0 Å². The van der Waals surface area contributed by atoms with Crippen LogP contribution in [0.1, 0.15) is 39.5 Å². The second-order valence-electron chi connectivity index (χ2n) is 7.73. The van der Waals surface area contributed by atoms with E-state index in [-0.39, 0.29) is 17.2 Å². The molecular formula is C20H26N4OS. The molecule has 1 aromatic carbocycles. The van der Waals surface area contributed by atoms with Gasteiger partial charge in [0.05, 0.1) is 5.25 Å². The van der Waals surface area contributed by atoms with E-state index < -0.39 is 0 Å². The van der Waals surface area contributed by atoms with E-state index in [2.05, 4.69) is 27.4 Å². The summed E-state index contributed by atoms with van der Waals surface area (Å²) in [6.07, 6.45) is 5.39. The maximum absolute atomic E-state index is 12.6. The molecular weight excluding hydrogens is 344 g/mol. The first-order valence-electron chi connectivity index (χ1n) is 9.55. The van der Waals surface area contributed by atoms with E-state index >= 15 is 0 Å². The van der Waals surface area contributed by atoms with Gasteiger partial charge in [-0.25, -0.2) is 4.98 Å². The largest absolute Gasteiger partial charge is 0.352 e. The Morgan fingerprint density at radius 2 is 2.04 bits per heavy atom. The molecule has 0 saturated heterocycles. The third-order valence-corrected chi connectivity index (χ3v) is 6.93. The average Bonchev–Trinajstić information content (AvgIpc) is 3.39. The van der Waals surface area contributed by atoms with Gasteiger partial charge >= 0.3 is 0 Å².